The summed E-state index contributed by atoms with van der Waals surface area (Å²) in [6.45, 7) is 15.3. The predicted octanol–water partition coefficient (Wildman–Crippen LogP) is 12.5. The molecule has 0 aromatic heterocycles. The normalized spacial score (nSPS) is 17.6. The molecule has 1 unspecified atom stereocenters. The topological polar surface area (TPSA) is 133 Å². The van der Waals surface area contributed by atoms with Gasteiger partial charge in [0.2, 0.25) is 0 Å². The number of anilines is 3. The number of carbonyl (C=O) groups is 4. The van der Waals surface area contributed by atoms with Crippen LogP contribution < -0.4 is 28.9 Å². The van der Waals surface area contributed by atoms with Crippen molar-refractivity contribution in [2.75, 3.05) is 115 Å². The molecule has 6 aromatic carbocycles. The maximum absolute atomic E-state index is 13.0. The highest BCUT2D eigenvalue weighted by atomic mass is 35.5. The molecule has 3 heterocycles. The molecular weight excluding hydrogens is 1100 g/mol. The van der Waals surface area contributed by atoms with Crippen LogP contribution in [0.1, 0.15) is 92.4 Å². The van der Waals surface area contributed by atoms with E-state index < -0.39 is 0 Å². The van der Waals surface area contributed by atoms with E-state index in [2.05, 4.69) is 32.9 Å². The van der Waals surface area contributed by atoms with Crippen molar-refractivity contribution in [3.8, 4) is 17.2 Å². The van der Waals surface area contributed by atoms with Crippen molar-refractivity contribution in [2.24, 2.45) is 5.92 Å². The Bertz CT molecular complexity index is 3320. The van der Waals surface area contributed by atoms with Gasteiger partial charge in [0.1, 0.15) is 17.2 Å². The molecule has 0 radical (unpaired) electrons. The number of fused-ring (bicyclic) bond motifs is 3. The number of ketones is 3. The number of methoxy groups -OCH3 is 3. The number of allylic oxidation sites excluding steroid dienone is 1. The number of rotatable bonds is 10. The van der Waals surface area contributed by atoms with E-state index in [0.29, 0.717) is 61.3 Å². The fourth-order valence-electron chi connectivity index (χ4n) is 11.4. The minimum Gasteiger partial charge on any atom is -0.495 e. The number of aryl methyl sites for hydroxylation is 4. The summed E-state index contributed by atoms with van der Waals surface area (Å²) in [5.41, 5.74) is 15.3. The van der Waals surface area contributed by atoms with E-state index in [9.17, 15) is 19.2 Å². The summed E-state index contributed by atoms with van der Waals surface area (Å²) in [4.78, 5) is 54.9. The zero-order valence-corrected chi connectivity index (χ0v) is 49.7. The first-order valence-electron chi connectivity index (χ1n) is 27.8. The molecule has 16 heteroatoms. The zero-order chi connectivity index (χ0) is 58.0. The minimum absolute atomic E-state index is 0.0520. The Morgan fingerprint density at radius 2 is 0.988 bits per heavy atom. The fraction of sp³-hybridized carbons (Fsp3) is 0.364. The molecule has 3 aliphatic carbocycles. The summed E-state index contributed by atoms with van der Waals surface area (Å²) >= 11 is 18.4. The maximum Gasteiger partial charge on any atom is 0.189 e. The van der Waals surface area contributed by atoms with Gasteiger partial charge in [0.15, 0.2) is 23.6 Å². The second-order valence-corrected chi connectivity index (χ2v) is 22.2. The van der Waals surface area contributed by atoms with Crippen molar-refractivity contribution in [2.45, 2.75) is 52.9 Å². The van der Waals surface area contributed by atoms with Gasteiger partial charge in [-0.2, -0.15) is 0 Å². The molecule has 3 saturated heterocycles. The van der Waals surface area contributed by atoms with Crippen molar-refractivity contribution < 1.29 is 47.6 Å². The van der Waals surface area contributed by atoms with Gasteiger partial charge < -0.3 is 43.1 Å². The van der Waals surface area contributed by atoms with Crippen LogP contribution in [0.25, 0.3) is 6.08 Å². The van der Waals surface area contributed by atoms with Crippen molar-refractivity contribution in [1.29, 1.82) is 0 Å². The lowest BCUT2D eigenvalue weighted by atomic mass is 9.93. The molecule has 3 fully saturated rings. The Morgan fingerprint density at radius 3 is 1.46 bits per heavy atom. The van der Waals surface area contributed by atoms with Crippen LogP contribution in [0.2, 0.25) is 15.1 Å². The number of hydrogen-bond acceptors (Lipinski definition) is 13. The van der Waals surface area contributed by atoms with E-state index in [0.717, 1.165) is 178 Å². The molecule has 0 saturated carbocycles. The van der Waals surface area contributed by atoms with E-state index >= 15 is 0 Å². The summed E-state index contributed by atoms with van der Waals surface area (Å²) in [5.74, 6) is 2.70. The Morgan fingerprint density at radius 1 is 0.537 bits per heavy atom. The SMILES string of the molecule is COc1cc2c(cc1N1CCOCC1)C/C(=C\c1c(C)cccc1Cl)C2=O.COc1cc2c(cc1N1CCOCC1)CC(Cc1c(C)cccc1Cl)C2=O.COc1cc2c(cc1N1CCOCC1)CCC2=O.Cc1cccc(Cl)c1C=O. The Labute approximate surface area is 495 Å². The second kappa shape index (κ2) is 27.6. The van der Waals surface area contributed by atoms with Crippen LogP contribution in [-0.4, -0.2) is 124 Å². The number of carbonyl (C=O) groups excluding carboxylic acids is 4. The zero-order valence-electron chi connectivity index (χ0n) is 47.5. The van der Waals surface area contributed by atoms with E-state index in [1.54, 1.807) is 27.4 Å². The monoisotopic (exact) mass is 1170 g/mol. The van der Waals surface area contributed by atoms with Crippen LogP contribution in [0.5, 0.6) is 17.2 Å². The quantitative estimate of drug-likeness (QED) is 0.0952. The molecule has 0 amide bonds. The third-order valence-corrected chi connectivity index (χ3v) is 17.0. The van der Waals surface area contributed by atoms with Crippen LogP contribution in [0, 0.1) is 26.7 Å². The van der Waals surface area contributed by atoms with Crippen LogP contribution in [-0.2, 0) is 39.9 Å². The van der Waals surface area contributed by atoms with Gasteiger partial charge >= 0.3 is 0 Å². The molecule has 1 atom stereocenters. The van der Waals surface area contributed by atoms with Crippen molar-refractivity contribution in [1.82, 2.24) is 0 Å². The highest BCUT2D eigenvalue weighted by Crippen LogP contribution is 2.42. The van der Waals surface area contributed by atoms with Crippen molar-refractivity contribution in [3.05, 3.63) is 178 Å². The summed E-state index contributed by atoms with van der Waals surface area (Å²) in [6.07, 6.45) is 6.23. The highest BCUT2D eigenvalue weighted by Gasteiger charge is 2.34. The molecule has 0 spiro atoms. The Kier molecular flexibility index (Phi) is 20.1. The number of aldehydes is 1. The number of nitrogens with zero attached hydrogens (tertiary/aromatic N) is 3. The van der Waals surface area contributed by atoms with Gasteiger partial charge in [-0.3, -0.25) is 19.2 Å². The first kappa shape index (κ1) is 59.9. The number of hydrogen-bond donors (Lipinski definition) is 0. The van der Waals surface area contributed by atoms with Gasteiger partial charge in [0.25, 0.3) is 0 Å². The first-order chi connectivity index (χ1) is 39.7. The van der Waals surface area contributed by atoms with Gasteiger partial charge in [0, 0.05) is 95.9 Å². The largest absolute Gasteiger partial charge is 0.495 e. The highest BCUT2D eigenvalue weighted by molar-refractivity contribution is 6.33. The number of morpholine rings is 3. The van der Waals surface area contributed by atoms with Crippen molar-refractivity contribution >= 4 is 81.6 Å². The van der Waals surface area contributed by atoms with Gasteiger partial charge in [-0.05, 0) is 145 Å². The van der Waals surface area contributed by atoms with E-state index in [-0.39, 0.29) is 23.3 Å². The smallest absolute Gasteiger partial charge is 0.189 e. The lowest BCUT2D eigenvalue weighted by Crippen LogP contribution is -2.36. The first-order valence-corrected chi connectivity index (χ1v) is 29.0. The third kappa shape index (κ3) is 13.5. The molecule has 13 nitrogen and oxygen atoms in total. The summed E-state index contributed by atoms with van der Waals surface area (Å²) in [7, 11) is 4.97. The Balaban J connectivity index is 0.000000139. The summed E-state index contributed by atoms with van der Waals surface area (Å²) in [6, 6.07) is 29.1. The molecule has 6 aliphatic rings. The molecule has 6 aromatic rings. The van der Waals surface area contributed by atoms with Gasteiger partial charge in [-0.25, -0.2) is 0 Å². The van der Waals surface area contributed by atoms with Crippen LogP contribution in [0.4, 0.5) is 17.1 Å². The average molecular weight is 1170 g/mol. The third-order valence-electron chi connectivity index (χ3n) is 16.0. The summed E-state index contributed by atoms with van der Waals surface area (Å²) < 4.78 is 32.9. The number of Topliss-reactive ketones (excluding diaryl/α,β-unsaturated/α-hetero) is 3. The lowest BCUT2D eigenvalue weighted by Gasteiger charge is -2.30. The standard InChI is InChI=1S/C22H24ClNO3.C22H22ClNO3.C14H17NO3.C8H7ClO/c2*1-14-4-3-5-19(23)17(14)11-16-10-15-12-20(24-6-8-27-9-7-24)21(26-2)13-18(15)22(16)25;1-17-14-9-11-10(2-3-13(11)16)8-12(14)15-4-6-18-7-5-15;1-6-3-2-4-8(9)7(6)5-10/h3-5,12-13,16H,6-11H2,1-2H3;3-5,11-13H,6-10H2,1-2H3;8-9H,2-7H2,1H3;2-5H,1H3/b;16-11+;;. The van der Waals surface area contributed by atoms with Crippen LogP contribution >= 0.6 is 34.8 Å². The molecular formula is C66H70Cl3N3O10. The van der Waals surface area contributed by atoms with E-state index in [1.807, 2.05) is 93.6 Å². The number of halogens is 3. The number of ether oxygens (including phenoxy) is 6. The Hall–Kier alpha value is -6.71. The lowest BCUT2D eigenvalue weighted by molar-refractivity contribution is 0.0934. The van der Waals surface area contributed by atoms with Gasteiger partial charge in [0.05, 0.1) is 83.1 Å². The minimum atomic E-state index is -0.0664. The molecule has 430 valence electrons. The van der Waals surface area contributed by atoms with Gasteiger partial charge in [-0.1, -0.05) is 71.2 Å². The van der Waals surface area contributed by atoms with Crippen LogP contribution in [0.15, 0.2) is 96.6 Å². The molecule has 82 heavy (non-hydrogen) atoms. The van der Waals surface area contributed by atoms with Crippen LogP contribution in [0.3, 0.4) is 0 Å². The van der Waals surface area contributed by atoms with Crippen molar-refractivity contribution in [3.63, 3.8) is 0 Å². The maximum atomic E-state index is 13.0. The molecule has 0 bridgehead atoms. The summed E-state index contributed by atoms with van der Waals surface area (Å²) in [5, 5.41) is 1.93. The fourth-order valence-corrected chi connectivity index (χ4v) is 12.2. The molecule has 3 aliphatic heterocycles. The van der Waals surface area contributed by atoms with Gasteiger partial charge in [-0.15, -0.1) is 0 Å². The molecule has 0 N–H and O–H groups in total. The second-order valence-electron chi connectivity index (χ2n) is 21.0. The van der Waals surface area contributed by atoms with E-state index in [1.165, 1.54) is 0 Å². The predicted molar refractivity (Wildman–Crippen MR) is 326 cm³/mol. The molecule has 12 rings (SSSR count). The average Bonchev–Trinajstić information content (AvgIpc) is 4.34. The number of benzene rings is 6. The van der Waals surface area contributed by atoms with E-state index in [4.69, 9.17) is 63.2 Å².